The Kier molecular flexibility index (Phi) is 32.8. The molecule has 0 radical (unpaired) electrons. The summed E-state index contributed by atoms with van der Waals surface area (Å²) in [6.45, 7) is 25.7. The van der Waals surface area contributed by atoms with Gasteiger partial charge in [-0.25, -0.2) is 35.1 Å². The second-order valence-corrected chi connectivity index (χ2v) is 20.4. The van der Waals surface area contributed by atoms with Crippen molar-refractivity contribution in [2.45, 2.75) is 64.1 Å². The lowest BCUT2D eigenvalue weighted by Crippen LogP contribution is -3.10. The first-order chi connectivity index (χ1) is 32.5. The van der Waals surface area contributed by atoms with Crippen LogP contribution in [0.25, 0.3) is 0 Å². The number of rotatable bonds is 12. The molecule has 6 aliphatic rings. The van der Waals surface area contributed by atoms with E-state index in [-0.39, 0.29) is 44.9 Å². The predicted molar refractivity (Wildman–Crippen MR) is 254 cm³/mol. The molecule has 23 heteroatoms. The molecule has 0 aromatic rings. The van der Waals surface area contributed by atoms with E-state index in [0.717, 1.165) is 143 Å². The van der Waals surface area contributed by atoms with Crippen molar-refractivity contribution in [2.24, 2.45) is 0 Å². The van der Waals surface area contributed by atoms with Crippen LogP contribution in [0.15, 0.2) is 0 Å². The molecule has 0 aliphatic carbocycles. The molecule has 0 atom stereocenters. The summed E-state index contributed by atoms with van der Waals surface area (Å²) in [5, 5.41) is 0. The van der Waals surface area contributed by atoms with Gasteiger partial charge in [0, 0.05) is 104 Å². The molecule has 0 aromatic carbocycles. The van der Waals surface area contributed by atoms with Crippen LogP contribution in [0.5, 0.6) is 0 Å². The highest BCUT2D eigenvalue weighted by atomic mass is 19.4. The fourth-order valence-corrected chi connectivity index (χ4v) is 8.14. The van der Waals surface area contributed by atoms with Crippen LogP contribution in [0, 0.1) is 42.3 Å². The van der Waals surface area contributed by atoms with Gasteiger partial charge in [0.1, 0.15) is 13.3 Å². The Balaban J connectivity index is 0.000000421. The summed E-state index contributed by atoms with van der Waals surface area (Å²) in [5.41, 5.74) is -0.277. The van der Waals surface area contributed by atoms with Crippen molar-refractivity contribution in [1.29, 1.82) is 0 Å². The average Bonchev–Trinajstić information content (AvgIpc) is 3.28. The molecule has 0 spiro atoms. The summed E-state index contributed by atoms with van der Waals surface area (Å²) < 4.78 is 135. The van der Waals surface area contributed by atoms with Gasteiger partial charge in [0.25, 0.3) is 18.3 Å². The minimum absolute atomic E-state index is 0.0650. The summed E-state index contributed by atoms with van der Waals surface area (Å²) in [7, 11) is 23.1. The van der Waals surface area contributed by atoms with Crippen LogP contribution in [-0.4, -0.2) is 263 Å². The second kappa shape index (κ2) is 34.3. The summed E-state index contributed by atoms with van der Waals surface area (Å²) in [6, 6.07) is 0. The number of nitrogens with one attached hydrogen (secondary N) is 6. The third-order valence-corrected chi connectivity index (χ3v) is 13.1. The van der Waals surface area contributed by atoms with Crippen LogP contribution in [0.2, 0.25) is 0 Å². The Bertz CT molecular complexity index is 1220. The molecule has 0 aromatic heterocycles. The standard InChI is InChI=1S/C9H18F2N2.C9H19FN2.C8H16F2N2.C7H13F3N2.C7H14F2N2.C7H15FN2/c1-3-9(10,11)8-13-6-4-12(2)5-7-13;1-9(2,8-10)12-6-4-11(3)5-7-12;1-8(9,10)7-12-5-3-11(2)4-6-12;1-11-2-4-12(5-3-11)6-7(8,9)10;1-10-2-4-11(5-3-10)6-7(8)9;1-9-4-6-10(3-2-8)7-5-9/h12H,2-8H2,1H3;11H,3-8H2,1-2H3;11H,2-7H2,1H3;11H,1-6H2;7,10H,1-6H2;9H,1-7H2. The molecule has 12 nitrogen and oxygen atoms in total. The molecule has 6 N–H and O–H groups in total. The van der Waals surface area contributed by atoms with E-state index in [0.29, 0.717) is 32.7 Å². The minimum atomic E-state index is -4.06. The topological polar surface area (TPSA) is 46.1 Å². The van der Waals surface area contributed by atoms with Crippen molar-refractivity contribution in [2.75, 3.05) is 203 Å². The minimum Gasteiger partial charge on any atom is -0.466 e. The molecular formula is C47H95F11N12. The largest absolute Gasteiger partial charge is 0.466 e. The zero-order valence-electron chi connectivity index (χ0n) is 43.3. The van der Waals surface area contributed by atoms with Crippen molar-refractivity contribution in [1.82, 2.24) is 29.4 Å². The summed E-state index contributed by atoms with van der Waals surface area (Å²) in [4.78, 5) is 18.5. The molecule has 420 valence electrons. The number of nitrogens with zero attached hydrogens (tertiary/aromatic N) is 6. The Labute approximate surface area is 415 Å². The lowest BCUT2D eigenvalue weighted by Gasteiger charge is -2.42. The normalized spacial score (nSPS) is 22.9. The van der Waals surface area contributed by atoms with Gasteiger partial charge in [-0.05, 0) is 13.8 Å². The summed E-state index contributed by atoms with van der Waals surface area (Å²) in [6.07, 6.45) is -6.32. The number of alkyl halides is 11. The van der Waals surface area contributed by atoms with Crippen LogP contribution < -0.4 is 29.4 Å². The van der Waals surface area contributed by atoms with E-state index in [4.69, 9.17) is 0 Å². The van der Waals surface area contributed by atoms with Gasteiger partial charge in [-0.2, -0.15) is 55.5 Å². The van der Waals surface area contributed by atoms with E-state index in [1.165, 1.54) is 36.3 Å². The molecule has 0 unspecified atom stereocenters. The fourth-order valence-electron chi connectivity index (χ4n) is 8.14. The van der Waals surface area contributed by atoms with Crippen molar-refractivity contribution >= 4 is 0 Å². The second-order valence-electron chi connectivity index (χ2n) is 20.4. The quantitative estimate of drug-likeness (QED) is 0.0936. The monoisotopic (exact) mass is 1040 g/mol. The van der Waals surface area contributed by atoms with E-state index in [1.54, 1.807) is 9.80 Å². The summed E-state index contributed by atoms with van der Waals surface area (Å²) >= 11 is 0. The van der Waals surface area contributed by atoms with Crippen LogP contribution in [-0.2, 0) is 0 Å². The van der Waals surface area contributed by atoms with Gasteiger partial charge in [-0.1, -0.05) is 6.92 Å². The zero-order chi connectivity index (χ0) is 53.1. The summed E-state index contributed by atoms with van der Waals surface area (Å²) in [5.74, 6) is -5.07. The van der Waals surface area contributed by atoms with Crippen LogP contribution in [0.3, 0.4) is 0 Å². The van der Waals surface area contributed by atoms with Gasteiger partial charge in [-0.3, -0.25) is 29.4 Å². The molecule has 6 heterocycles. The Morgan fingerprint density at radius 1 is 0.443 bits per heavy atom. The third-order valence-electron chi connectivity index (χ3n) is 13.1. The van der Waals surface area contributed by atoms with Crippen molar-refractivity contribution in [3.8, 4) is 0 Å². The molecule has 70 heavy (non-hydrogen) atoms. The maximum Gasteiger partial charge on any atom is 0.401 e. The number of hydrogen-bond acceptors (Lipinski definition) is 6. The van der Waals surface area contributed by atoms with Crippen LogP contribution in [0.4, 0.5) is 48.3 Å². The molecule has 6 fully saturated rings. The highest BCUT2D eigenvalue weighted by Crippen LogP contribution is 2.19. The number of quaternary nitrogens is 6. The lowest BCUT2D eigenvalue weighted by molar-refractivity contribution is -0.859. The smallest absolute Gasteiger partial charge is 0.401 e. The first kappa shape index (κ1) is 66.8. The molecule has 0 bridgehead atoms. The van der Waals surface area contributed by atoms with E-state index in [2.05, 4.69) is 52.1 Å². The van der Waals surface area contributed by atoms with Crippen molar-refractivity contribution in [3.63, 3.8) is 0 Å². The lowest BCUT2D eigenvalue weighted by atomic mass is 10.0. The van der Waals surface area contributed by atoms with E-state index in [1.807, 2.05) is 18.7 Å². The van der Waals surface area contributed by atoms with Gasteiger partial charge >= 0.3 is 6.18 Å². The molecule has 6 aliphatic heterocycles. The van der Waals surface area contributed by atoms with E-state index < -0.39 is 31.0 Å². The molecule has 6 rings (SSSR count). The van der Waals surface area contributed by atoms with Crippen LogP contribution >= 0.6 is 0 Å². The fraction of sp³-hybridized carbons (Fsp3) is 0.872. The maximum atomic E-state index is 13.0. The van der Waals surface area contributed by atoms with Gasteiger partial charge in [0.15, 0.2) is 0 Å². The Morgan fingerprint density at radius 3 is 1.03 bits per heavy atom. The first-order valence-corrected chi connectivity index (χ1v) is 25.1. The maximum absolute atomic E-state index is 13.0. The number of hydrogen-bond donors (Lipinski definition) is 6. The van der Waals surface area contributed by atoms with Gasteiger partial charge in [0.2, 0.25) is 0 Å². The Hall–Kier alpha value is -1.25. The third kappa shape index (κ3) is 33.5. The molecule has 0 saturated carbocycles. The SMILES string of the molecule is [CH2-][NH+]1CCN(C(C)(C)CF)CC1.[CH2-][NH+]1CCN(CC(C)(F)F)CC1.[CH2-][NH+]1CCN(CC(F)(F)CC)CC1.[CH2-][NH+]1CCN(CC(F)(F)F)CC1.[CH2-][NH+]1CCN(CC(F)F)CC1.[CH2-][NH+]1CCN(CCF)CC1. The zero-order valence-corrected chi connectivity index (χ0v) is 43.3. The highest BCUT2D eigenvalue weighted by molar-refractivity contribution is 4.81. The number of halogens is 11. The van der Waals surface area contributed by atoms with Crippen molar-refractivity contribution in [3.05, 3.63) is 42.3 Å². The van der Waals surface area contributed by atoms with E-state index >= 15 is 0 Å². The molecular weight excluding hydrogens is 942 g/mol. The number of piperazine rings is 6. The first-order valence-electron chi connectivity index (χ1n) is 25.1. The average molecular weight is 1040 g/mol. The highest BCUT2D eigenvalue weighted by Gasteiger charge is 2.33. The molecule has 0 amide bonds. The van der Waals surface area contributed by atoms with Gasteiger partial charge < -0.3 is 29.4 Å². The van der Waals surface area contributed by atoms with Gasteiger partial charge in [0.05, 0.1) is 105 Å². The van der Waals surface area contributed by atoms with Crippen molar-refractivity contribution < 1.29 is 77.7 Å². The predicted octanol–water partition coefficient (Wildman–Crippen LogP) is -2.88. The Morgan fingerprint density at radius 2 is 0.743 bits per heavy atom. The van der Waals surface area contributed by atoms with Gasteiger partial charge in [-0.15, -0.1) is 0 Å². The van der Waals surface area contributed by atoms with E-state index in [9.17, 15) is 48.3 Å². The van der Waals surface area contributed by atoms with Crippen LogP contribution in [0.1, 0.15) is 34.1 Å². The molecule has 6 saturated heterocycles.